The number of nitrogens with one attached hydrogen (secondary N) is 2. The van der Waals surface area contributed by atoms with Gasteiger partial charge in [-0.3, -0.25) is 9.59 Å². The zero-order valence-corrected chi connectivity index (χ0v) is 14.2. The molecule has 0 saturated carbocycles. The van der Waals surface area contributed by atoms with Crippen LogP contribution in [-0.4, -0.2) is 77.8 Å². The molecule has 0 radical (unpaired) electrons. The Morgan fingerprint density at radius 2 is 1.22 bits per heavy atom. The van der Waals surface area contributed by atoms with Gasteiger partial charge in [-0.05, 0) is 6.92 Å². The van der Waals surface area contributed by atoms with Crippen molar-refractivity contribution in [3.05, 3.63) is 0 Å². The first-order valence-electron chi connectivity index (χ1n) is 8.05. The summed E-state index contributed by atoms with van der Waals surface area (Å²) in [5, 5.41) is 5.38. The molecule has 0 aliphatic heterocycles. The van der Waals surface area contributed by atoms with E-state index in [0.717, 1.165) is 0 Å². The molecule has 0 aliphatic carbocycles. The summed E-state index contributed by atoms with van der Waals surface area (Å²) in [6.45, 7) is 8.01. The molecule has 0 unspecified atom stereocenters. The van der Waals surface area contributed by atoms with Crippen molar-refractivity contribution in [3.63, 3.8) is 0 Å². The fraction of sp³-hybridized carbons (Fsp3) is 0.867. The van der Waals surface area contributed by atoms with E-state index in [9.17, 15) is 9.59 Å². The number of carbonyl (C=O) groups excluding carboxylic acids is 2. The fourth-order valence-corrected chi connectivity index (χ4v) is 1.45. The van der Waals surface area contributed by atoms with Crippen molar-refractivity contribution < 1.29 is 28.5 Å². The summed E-state index contributed by atoms with van der Waals surface area (Å²) in [5.74, 6) is -0.183. The van der Waals surface area contributed by atoms with Crippen LogP contribution < -0.4 is 10.6 Å². The van der Waals surface area contributed by atoms with Crippen molar-refractivity contribution in [1.82, 2.24) is 10.6 Å². The summed E-state index contributed by atoms with van der Waals surface area (Å²) in [7, 11) is 0. The predicted octanol–water partition coefficient (Wildman–Crippen LogP) is -0.285. The maximum Gasteiger partial charge on any atom is 0.246 e. The van der Waals surface area contributed by atoms with Gasteiger partial charge in [-0.1, -0.05) is 6.92 Å². The topological polar surface area (TPSA) is 95.1 Å². The normalized spacial score (nSPS) is 10.5. The van der Waals surface area contributed by atoms with Crippen LogP contribution in [0.4, 0.5) is 0 Å². The Hall–Kier alpha value is -1.22. The van der Waals surface area contributed by atoms with Gasteiger partial charge >= 0.3 is 0 Å². The van der Waals surface area contributed by atoms with Crippen LogP contribution >= 0.6 is 0 Å². The van der Waals surface area contributed by atoms with Gasteiger partial charge in [-0.25, -0.2) is 0 Å². The van der Waals surface area contributed by atoms with Crippen LogP contribution in [0.5, 0.6) is 0 Å². The van der Waals surface area contributed by atoms with Crippen molar-refractivity contribution in [2.75, 3.05) is 65.9 Å². The molecule has 0 heterocycles. The molecular weight excluding hydrogens is 304 g/mol. The quantitative estimate of drug-likeness (QED) is 0.377. The first-order chi connectivity index (χ1) is 11.2. The molecule has 136 valence electrons. The summed E-state index contributed by atoms with van der Waals surface area (Å²) in [6, 6.07) is 0. The Labute approximate surface area is 138 Å². The lowest BCUT2D eigenvalue weighted by Gasteiger charge is -2.08. The molecule has 0 aromatic heterocycles. The monoisotopic (exact) mass is 334 g/mol. The second-order valence-electron chi connectivity index (χ2n) is 4.53. The highest BCUT2D eigenvalue weighted by atomic mass is 16.5. The highest BCUT2D eigenvalue weighted by molar-refractivity contribution is 5.77. The lowest BCUT2D eigenvalue weighted by Crippen LogP contribution is -2.31. The minimum absolute atomic E-state index is 0.00314. The van der Waals surface area contributed by atoms with Crippen LogP contribution in [0.25, 0.3) is 0 Å². The van der Waals surface area contributed by atoms with E-state index in [0.29, 0.717) is 65.8 Å². The van der Waals surface area contributed by atoms with Crippen molar-refractivity contribution in [1.29, 1.82) is 0 Å². The van der Waals surface area contributed by atoms with Gasteiger partial charge in [0.1, 0.15) is 6.61 Å². The first kappa shape index (κ1) is 21.8. The molecule has 0 atom stereocenters. The van der Waals surface area contributed by atoms with Crippen LogP contribution in [0.3, 0.4) is 0 Å². The Balaban J connectivity index is 3.20. The van der Waals surface area contributed by atoms with Gasteiger partial charge in [0.05, 0.1) is 39.6 Å². The molecular formula is C15H30N2O6. The Bertz CT molecular complexity index is 302. The number of amides is 2. The lowest BCUT2D eigenvalue weighted by atomic mass is 10.4. The van der Waals surface area contributed by atoms with E-state index in [1.807, 2.05) is 6.92 Å². The highest BCUT2D eigenvalue weighted by Gasteiger charge is 2.00. The first-order valence-corrected chi connectivity index (χ1v) is 8.05. The molecule has 0 spiro atoms. The summed E-state index contributed by atoms with van der Waals surface area (Å²) in [5.41, 5.74) is 0. The van der Waals surface area contributed by atoms with Crippen molar-refractivity contribution in [3.8, 4) is 0 Å². The second-order valence-corrected chi connectivity index (χ2v) is 4.53. The third-order valence-electron chi connectivity index (χ3n) is 2.64. The summed E-state index contributed by atoms with van der Waals surface area (Å²) < 4.78 is 20.8. The number of rotatable bonds is 16. The van der Waals surface area contributed by atoms with E-state index in [1.54, 1.807) is 6.92 Å². The SMILES string of the molecule is CCOCCOCCNC(=O)COCCOCCNC(=O)CC. The number of ether oxygens (including phenoxy) is 4. The van der Waals surface area contributed by atoms with E-state index in [2.05, 4.69) is 10.6 Å². The van der Waals surface area contributed by atoms with Crippen LogP contribution in [0.15, 0.2) is 0 Å². The van der Waals surface area contributed by atoms with Gasteiger partial charge in [0.25, 0.3) is 0 Å². The predicted molar refractivity (Wildman–Crippen MR) is 85.3 cm³/mol. The number of carbonyl (C=O) groups is 2. The number of hydrogen-bond donors (Lipinski definition) is 2. The smallest absolute Gasteiger partial charge is 0.246 e. The minimum Gasteiger partial charge on any atom is -0.379 e. The molecule has 0 rings (SSSR count). The lowest BCUT2D eigenvalue weighted by molar-refractivity contribution is -0.126. The third-order valence-corrected chi connectivity index (χ3v) is 2.64. The van der Waals surface area contributed by atoms with Crippen LogP contribution in [0.1, 0.15) is 20.3 Å². The molecule has 0 bridgehead atoms. The Morgan fingerprint density at radius 3 is 1.78 bits per heavy atom. The zero-order chi connectivity index (χ0) is 17.2. The van der Waals surface area contributed by atoms with Gasteiger partial charge in [-0.2, -0.15) is 0 Å². The molecule has 2 N–H and O–H groups in total. The van der Waals surface area contributed by atoms with E-state index in [4.69, 9.17) is 18.9 Å². The van der Waals surface area contributed by atoms with Crippen LogP contribution in [0, 0.1) is 0 Å². The standard InChI is InChI=1S/C15H30N2O6/c1-3-14(18)16-5-7-22-11-12-23-13-15(19)17-6-8-21-10-9-20-4-2/h3-13H2,1-2H3,(H,16,18)(H,17,19). The Morgan fingerprint density at radius 1 is 0.696 bits per heavy atom. The maximum atomic E-state index is 11.4. The molecule has 0 saturated heterocycles. The van der Waals surface area contributed by atoms with Crippen molar-refractivity contribution in [2.24, 2.45) is 0 Å². The molecule has 0 fully saturated rings. The molecule has 2 amide bonds. The van der Waals surface area contributed by atoms with Crippen LogP contribution in [-0.2, 0) is 28.5 Å². The van der Waals surface area contributed by atoms with Gasteiger partial charge < -0.3 is 29.6 Å². The zero-order valence-electron chi connectivity index (χ0n) is 14.2. The van der Waals surface area contributed by atoms with Crippen molar-refractivity contribution >= 4 is 11.8 Å². The second kappa shape index (κ2) is 17.1. The highest BCUT2D eigenvalue weighted by Crippen LogP contribution is 1.81. The Kier molecular flexibility index (Phi) is 16.2. The summed E-state index contributed by atoms with van der Waals surface area (Å²) in [6.07, 6.45) is 0.468. The number of hydrogen-bond acceptors (Lipinski definition) is 6. The maximum absolute atomic E-state index is 11.4. The van der Waals surface area contributed by atoms with E-state index in [1.165, 1.54) is 0 Å². The van der Waals surface area contributed by atoms with Crippen molar-refractivity contribution in [2.45, 2.75) is 20.3 Å². The molecule has 0 aliphatic rings. The fourth-order valence-electron chi connectivity index (χ4n) is 1.45. The summed E-state index contributed by atoms with van der Waals surface area (Å²) in [4.78, 5) is 22.4. The van der Waals surface area contributed by atoms with E-state index >= 15 is 0 Å². The van der Waals surface area contributed by atoms with Gasteiger partial charge in [0.15, 0.2) is 0 Å². The largest absolute Gasteiger partial charge is 0.379 e. The average molecular weight is 334 g/mol. The van der Waals surface area contributed by atoms with Gasteiger partial charge in [-0.15, -0.1) is 0 Å². The van der Waals surface area contributed by atoms with Crippen LogP contribution in [0.2, 0.25) is 0 Å². The molecule has 8 heteroatoms. The molecule has 23 heavy (non-hydrogen) atoms. The molecule has 0 aromatic rings. The molecule has 0 aromatic carbocycles. The summed E-state index contributed by atoms with van der Waals surface area (Å²) >= 11 is 0. The van der Waals surface area contributed by atoms with E-state index < -0.39 is 0 Å². The minimum atomic E-state index is -0.186. The van der Waals surface area contributed by atoms with Gasteiger partial charge in [0.2, 0.25) is 11.8 Å². The average Bonchev–Trinajstić information content (AvgIpc) is 2.56. The molecule has 8 nitrogen and oxygen atoms in total. The third kappa shape index (κ3) is 17.0. The van der Waals surface area contributed by atoms with E-state index in [-0.39, 0.29) is 18.4 Å². The van der Waals surface area contributed by atoms with Gasteiger partial charge in [0, 0.05) is 26.1 Å².